The maximum atomic E-state index is 13.0. The van der Waals surface area contributed by atoms with Crippen LogP contribution in [0.2, 0.25) is 0 Å². The maximum absolute atomic E-state index is 13.0. The topological polar surface area (TPSA) is 59.1 Å². The first-order valence-electron chi connectivity index (χ1n) is 8.47. The number of anilines is 1. The predicted octanol–water partition coefficient (Wildman–Crippen LogP) is 1.37. The third-order valence-electron chi connectivity index (χ3n) is 4.51. The molecule has 0 saturated carbocycles. The summed E-state index contributed by atoms with van der Waals surface area (Å²) in [6, 6.07) is 8.08. The average Bonchev–Trinajstić information content (AvgIpc) is 2.58. The van der Waals surface area contributed by atoms with Gasteiger partial charge in [-0.25, -0.2) is 0 Å². The van der Waals surface area contributed by atoms with E-state index in [1.165, 1.54) is 0 Å². The minimum absolute atomic E-state index is 0.0391. The second-order valence-corrected chi connectivity index (χ2v) is 6.31. The Morgan fingerprint density at radius 2 is 2.04 bits per heavy atom. The largest absolute Gasteiger partial charge is 0.381 e. The Hall–Kier alpha value is -1.92. The highest BCUT2D eigenvalue weighted by Gasteiger charge is 2.30. The summed E-state index contributed by atoms with van der Waals surface area (Å²) in [5.41, 5.74) is 2.01. The molecular weight excluding hydrogens is 308 g/mol. The molecule has 0 aliphatic carbocycles. The van der Waals surface area contributed by atoms with Gasteiger partial charge in [0.25, 0.3) is 0 Å². The van der Waals surface area contributed by atoms with Gasteiger partial charge >= 0.3 is 0 Å². The number of hydrogen-bond acceptors (Lipinski definition) is 4. The third kappa shape index (κ3) is 3.94. The van der Waals surface area contributed by atoms with E-state index in [-0.39, 0.29) is 31.0 Å². The lowest BCUT2D eigenvalue weighted by Gasteiger charge is -2.36. The Morgan fingerprint density at radius 3 is 2.75 bits per heavy atom. The molecule has 2 amide bonds. The van der Waals surface area contributed by atoms with Gasteiger partial charge in [-0.2, -0.15) is 0 Å². The van der Waals surface area contributed by atoms with Gasteiger partial charge in [0, 0.05) is 31.5 Å². The van der Waals surface area contributed by atoms with Crippen LogP contribution in [0.3, 0.4) is 0 Å². The number of benzene rings is 1. The second-order valence-electron chi connectivity index (χ2n) is 6.31. The smallest absolute Gasteiger partial charge is 0.249 e. The average molecular weight is 332 g/mol. The second kappa shape index (κ2) is 7.77. The van der Waals surface area contributed by atoms with E-state index in [4.69, 9.17) is 9.47 Å². The number of nitrogens with zero attached hydrogens (tertiary/aromatic N) is 2. The summed E-state index contributed by atoms with van der Waals surface area (Å²) in [6.07, 6.45) is 1.63. The van der Waals surface area contributed by atoms with Crippen LogP contribution in [0.15, 0.2) is 24.3 Å². The van der Waals surface area contributed by atoms with Crippen molar-refractivity contribution < 1.29 is 19.1 Å². The van der Waals surface area contributed by atoms with E-state index in [2.05, 4.69) is 0 Å². The molecule has 1 aromatic rings. The van der Waals surface area contributed by atoms with Crippen molar-refractivity contribution in [2.24, 2.45) is 0 Å². The lowest BCUT2D eigenvalue weighted by molar-refractivity contribution is -0.145. The van der Waals surface area contributed by atoms with Crippen LogP contribution in [0.4, 0.5) is 5.69 Å². The van der Waals surface area contributed by atoms with Crippen molar-refractivity contribution in [1.82, 2.24) is 4.90 Å². The first-order chi connectivity index (χ1) is 11.6. The number of aryl methyl sites for hydroxylation is 1. The Balaban J connectivity index is 1.80. The number of amides is 2. The van der Waals surface area contributed by atoms with Crippen molar-refractivity contribution in [3.8, 4) is 0 Å². The van der Waals surface area contributed by atoms with Gasteiger partial charge < -0.3 is 19.3 Å². The fourth-order valence-corrected chi connectivity index (χ4v) is 3.24. The SMILES string of the molecule is Cc1cccc(N(C(=O)CN2CCOCC2=O)C2CCOCC2)c1. The standard InChI is InChI=1S/C18H24N2O4/c1-14-3-2-4-16(11-14)20(15-5-8-23-9-6-15)17(21)12-19-7-10-24-13-18(19)22/h2-4,11,15H,5-10,12-13H2,1H3. The molecule has 0 bridgehead atoms. The van der Waals surface area contributed by atoms with Crippen LogP contribution < -0.4 is 4.90 Å². The highest BCUT2D eigenvalue weighted by molar-refractivity contribution is 5.97. The Bertz CT molecular complexity index is 598. The van der Waals surface area contributed by atoms with Gasteiger partial charge in [0.2, 0.25) is 11.8 Å². The molecule has 0 N–H and O–H groups in total. The van der Waals surface area contributed by atoms with Crippen LogP contribution in [0.25, 0.3) is 0 Å². The highest BCUT2D eigenvalue weighted by atomic mass is 16.5. The maximum Gasteiger partial charge on any atom is 0.249 e. The molecule has 24 heavy (non-hydrogen) atoms. The lowest BCUT2D eigenvalue weighted by Crippen LogP contribution is -2.51. The van der Waals surface area contributed by atoms with Crippen LogP contribution in [0.5, 0.6) is 0 Å². The molecular formula is C18H24N2O4. The van der Waals surface area contributed by atoms with E-state index in [0.29, 0.717) is 26.4 Å². The molecule has 0 atom stereocenters. The van der Waals surface area contributed by atoms with E-state index >= 15 is 0 Å². The third-order valence-corrected chi connectivity index (χ3v) is 4.51. The Morgan fingerprint density at radius 1 is 1.25 bits per heavy atom. The fraction of sp³-hybridized carbons (Fsp3) is 0.556. The van der Waals surface area contributed by atoms with E-state index in [0.717, 1.165) is 24.1 Å². The summed E-state index contributed by atoms with van der Waals surface area (Å²) < 4.78 is 10.6. The molecule has 2 aliphatic heterocycles. The minimum atomic E-state index is -0.120. The van der Waals surface area contributed by atoms with Crippen molar-refractivity contribution in [2.45, 2.75) is 25.8 Å². The summed E-state index contributed by atoms with van der Waals surface area (Å²) >= 11 is 0. The fourth-order valence-electron chi connectivity index (χ4n) is 3.24. The number of morpholine rings is 1. The molecule has 2 saturated heterocycles. The normalized spacial score (nSPS) is 19.4. The summed E-state index contributed by atoms with van der Waals surface area (Å²) in [7, 11) is 0. The zero-order valence-corrected chi connectivity index (χ0v) is 14.1. The highest BCUT2D eigenvalue weighted by Crippen LogP contribution is 2.24. The Labute approximate surface area is 142 Å². The summed E-state index contributed by atoms with van der Waals surface area (Å²) in [5.74, 6) is -0.159. The molecule has 2 heterocycles. The van der Waals surface area contributed by atoms with Gasteiger partial charge in [-0.15, -0.1) is 0 Å². The zero-order chi connectivity index (χ0) is 16.9. The lowest BCUT2D eigenvalue weighted by atomic mass is 10.0. The molecule has 2 aliphatic rings. The molecule has 0 aromatic heterocycles. The van der Waals surface area contributed by atoms with E-state index in [9.17, 15) is 9.59 Å². The molecule has 6 nitrogen and oxygen atoms in total. The number of hydrogen-bond donors (Lipinski definition) is 0. The molecule has 0 unspecified atom stereocenters. The van der Waals surface area contributed by atoms with Crippen molar-refractivity contribution in [3.05, 3.63) is 29.8 Å². The minimum Gasteiger partial charge on any atom is -0.381 e. The zero-order valence-electron chi connectivity index (χ0n) is 14.1. The number of rotatable bonds is 4. The van der Waals surface area contributed by atoms with Crippen LogP contribution in [-0.2, 0) is 19.1 Å². The van der Waals surface area contributed by atoms with Crippen LogP contribution >= 0.6 is 0 Å². The summed E-state index contributed by atoms with van der Waals surface area (Å²) in [4.78, 5) is 28.4. The van der Waals surface area contributed by atoms with Crippen LogP contribution in [0, 0.1) is 6.92 Å². The summed E-state index contributed by atoms with van der Waals surface area (Å²) in [6.45, 7) is 4.47. The van der Waals surface area contributed by atoms with Gasteiger partial charge in [-0.05, 0) is 37.5 Å². The first kappa shape index (κ1) is 16.9. The van der Waals surface area contributed by atoms with E-state index in [1.807, 2.05) is 36.1 Å². The molecule has 130 valence electrons. The number of carbonyl (C=O) groups is 2. The van der Waals surface area contributed by atoms with Gasteiger partial charge in [-0.3, -0.25) is 9.59 Å². The summed E-state index contributed by atoms with van der Waals surface area (Å²) in [5, 5.41) is 0. The molecule has 2 fully saturated rings. The predicted molar refractivity (Wildman–Crippen MR) is 89.9 cm³/mol. The van der Waals surface area contributed by atoms with Crippen molar-refractivity contribution >= 4 is 17.5 Å². The van der Waals surface area contributed by atoms with Crippen LogP contribution in [0.1, 0.15) is 18.4 Å². The van der Waals surface area contributed by atoms with E-state index < -0.39 is 0 Å². The quantitative estimate of drug-likeness (QED) is 0.835. The van der Waals surface area contributed by atoms with Gasteiger partial charge in [0.1, 0.15) is 13.2 Å². The van der Waals surface area contributed by atoms with Gasteiger partial charge in [-0.1, -0.05) is 12.1 Å². The number of carbonyl (C=O) groups excluding carboxylic acids is 2. The van der Waals surface area contributed by atoms with Crippen molar-refractivity contribution in [3.63, 3.8) is 0 Å². The molecule has 0 spiro atoms. The van der Waals surface area contributed by atoms with E-state index in [1.54, 1.807) is 4.90 Å². The Kier molecular flexibility index (Phi) is 5.48. The molecule has 0 radical (unpaired) electrons. The first-order valence-corrected chi connectivity index (χ1v) is 8.47. The van der Waals surface area contributed by atoms with Crippen LogP contribution in [-0.4, -0.2) is 62.3 Å². The van der Waals surface area contributed by atoms with Crippen molar-refractivity contribution in [1.29, 1.82) is 0 Å². The van der Waals surface area contributed by atoms with Crippen molar-refractivity contribution in [2.75, 3.05) is 44.4 Å². The molecule has 6 heteroatoms. The monoisotopic (exact) mass is 332 g/mol. The van der Waals surface area contributed by atoms with Gasteiger partial charge in [0.05, 0.1) is 6.61 Å². The molecule has 1 aromatic carbocycles. The molecule has 3 rings (SSSR count). The number of ether oxygens (including phenoxy) is 2. The van der Waals surface area contributed by atoms with Gasteiger partial charge in [0.15, 0.2) is 0 Å².